The fourth-order valence-corrected chi connectivity index (χ4v) is 3.24. The maximum Gasteiger partial charge on any atom is 0.416 e. The molecule has 0 aliphatic carbocycles. The van der Waals surface area contributed by atoms with Gasteiger partial charge in [-0.15, -0.1) is 0 Å². The van der Waals surface area contributed by atoms with E-state index in [4.69, 9.17) is 16.3 Å². The summed E-state index contributed by atoms with van der Waals surface area (Å²) in [4.78, 5) is 16.3. The van der Waals surface area contributed by atoms with Gasteiger partial charge in [0.1, 0.15) is 5.75 Å². The van der Waals surface area contributed by atoms with Crippen LogP contribution in [0.3, 0.4) is 0 Å². The molecule has 0 unspecified atom stereocenters. The number of fused-ring (bicyclic) bond motifs is 1. The molecule has 1 aromatic heterocycles. The first-order valence-corrected chi connectivity index (χ1v) is 8.68. The van der Waals surface area contributed by atoms with E-state index in [0.29, 0.717) is 12.4 Å². The van der Waals surface area contributed by atoms with E-state index in [9.17, 15) is 23.1 Å². The predicted molar refractivity (Wildman–Crippen MR) is 100 cm³/mol. The maximum atomic E-state index is 13.1. The van der Waals surface area contributed by atoms with Crippen LogP contribution >= 0.6 is 11.6 Å². The maximum absolute atomic E-state index is 13.1. The highest BCUT2D eigenvalue weighted by molar-refractivity contribution is 6.33. The minimum Gasteiger partial charge on any atom is -0.492 e. The van der Waals surface area contributed by atoms with E-state index < -0.39 is 17.7 Å². The second-order valence-electron chi connectivity index (χ2n) is 6.08. The van der Waals surface area contributed by atoms with E-state index in [1.54, 1.807) is 6.92 Å². The average Bonchev–Trinajstić information content (AvgIpc) is 2.61. The Labute approximate surface area is 163 Å². The molecule has 0 aliphatic rings. The minimum absolute atomic E-state index is 0.0673. The first-order chi connectivity index (χ1) is 13.1. The smallest absolute Gasteiger partial charge is 0.416 e. The lowest BCUT2D eigenvalue weighted by Gasteiger charge is -2.15. The molecule has 4 nitrogen and oxygen atoms in total. The van der Waals surface area contributed by atoms with E-state index in [0.717, 1.165) is 12.1 Å². The van der Waals surface area contributed by atoms with E-state index in [1.165, 1.54) is 31.2 Å². The molecule has 0 aliphatic heterocycles. The number of aromatic carboxylic acids is 1. The number of nitrogens with zero attached hydrogens (tertiary/aromatic N) is 1. The van der Waals surface area contributed by atoms with Crippen LogP contribution in [0.25, 0.3) is 22.2 Å². The van der Waals surface area contributed by atoms with Gasteiger partial charge in [0, 0.05) is 17.0 Å². The van der Waals surface area contributed by atoms with Crippen molar-refractivity contribution in [1.29, 1.82) is 0 Å². The third-order valence-electron chi connectivity index (χ3n) is 4.26. The van der Waals surface area contributed by atoms with E-state index in [-0.39, 0.29) is 38.3 Å². The van der Waals surface area contributed by atoms with Crippen molar-refractivity contribution in [2.24, 2.45) is 0 Å². The zero-order valence-electron chi connectivity index (χ0n) is 14.9. The van der Waals surface area contributed by atoms with Crippen molar-refractivity contribution in [3.63, 3.8) is 0 Å². The number of rotatable bonds is 4. The Morgan fingerprint density at radius 2 is 1.96 bits per heavy atom. The summed E-state index contributed by atoms with van der Waals surface area (Å²) in [5, 5.41) is 10.2. The van der Waals surface area contributed by atoms with Gasteiger partial charge in [-0.25, -0.2) is 9.78 Å². The Bertz CT molecular complexity index is 1080. The van der Waals surface area contributed by atoms with Crippen molar-refractivity contribution in [3.8, 4) is 17.0 Å². The van der Waals surface area contributed by atoms with Crippen molar-refractivity contribution in [2.75, 3.05) is 6.61 Å². The molecule has 0 saturated carbocycles. The summed E-state index contributed by atoms with van der Waals surface area (Å²) in [6, 6.07) is 7.56. The number of alkyl halides is 3. The number of halogens is 4. The molecule has 2 aromatic carbocycles. The Balaban J connectivity index is 2.33. The largest absolute Gasteiger partial charge is 0.492 e. The van der Waals surface area contributed by atoms with Crippen LogP contribution in [0.2, 0.25) is 5.02 Å². The van der Waals surface area contributed by atoms with Crippen molar-refractivity contribution in [3.05, 3.63) is 58.1 Å². The van der Waals surface area contributed by atoms with Crippen molar-refractivity contribution in [1.82, 2.24) is 4.98 Å². The summed E-state index contributed by atoms with van der Waals surface area (Å²) in [6.07, 6.45) is -4.52. The first-order valence-electron chi connectivity index (χ1n) is 8.31. The molecule has 146 valence electrons. The highest BCUT2D eigenvalue weighted by atomic mass is 35.5. The lowest BCUT2D eigenvalue weighted by Crippen LogP contribution is -2.07. The van der Waals surface area contributed by atoms with Crippen molar-refractivity contribution >= 4 is 28.5 Å². The van der Waals surface area contributed by atoms with Crippen LogP contribution in [0, 0.1) is 6.92 Å². The fraction of sp³-hybridized carbons (Fsp3) is 0.200. The molecule has 1 heterocycles. The van der Waals surface area contributed by atoms with Crippen LogP contribution < -0.4 is 4.74 Å². The quantitative estimate of drug-likeness (QED) is 0.576. The van der Waals surface area contributed by atoms with Gasteiger partial charge in [-0.2, -0.15) is 13.2 Å². The Kier molecular flexibility index (Phi) is 5.21. The molecule has 3 rings (SSSR count). The number of hydrogen-bond donors (Lipinski definition) is 1. The monoisotopic (exact) mass is 409 g/mol. The van der Waals surface area contributed by atoms with Crippen molar-refractivity contribution < 1.29 is 27.8 Å². The van der Waals surface area contributed by atoms with Crippen LogP contribution in [-0.2, 0) is 6.18 Å². The molecule has 1 N–H and O–H groups in total. The molecule has 3 aromatic rings. The molecule has 0 atom stereocenters. The van der Waals surface area contributed by atoms with Crippen LogP contribution in [-0.4, -0.2) is 22.7 Å². The molecule has 0 saturated heterocycles. The third-order valence-corrected chi connectivity index (χ3v) is 4.55. The summed E-state index contributed by atoms with van der Waals surface area (Å²) in [5.41, 5.74) is -0.0649. The summed E-state index contributed by atoms with van der Waals surface area (Å²) >= 11 is 6.17. The molecular weight excluding hydrogens is 395 g/mol. The SMILES string of the molecule is CCOc1cc2nc(-c3cccc(C(F)(F)F)c3)c(C)c(C(=O)O)c2cc1Cl. The molecule has 28 heavy (non-hydrogen) atoms. The van der Waals surface area contributed by atoms with Crippen molar-refractivity contribution in [2.45, 2.75) is 20.0 Å². The van der Waals surface area contributed by atoms with Gasteiger partial charge in [-0.1, -0.05) is 23.7 Å². The lowest BCUT2D eigenvalue weighted by molar-refractivity contribution is -0.137. The fourth-order valence-electron chi connectivity index (χ4n) is 3.03. The van der Waals surface area contributed by atoms with Crippen LogP contribution in [0.5, 0.6) is 5.75 Å². The zero-order valence-corrected chi connectivity index (χ0v) is 15.6. The van der Waals surface area contributed by atoms with Gasteiger partial charge in [0.05, 0.1) is 34.0 Å². The van der Waals surface area contributed by atoms with Gasteiger partial charge in [0.25, 0.3) is 0 Å². The number of hydrogen-bond acceptors (Lipinski definition) is 3. The number of carbonyl (C=O) groups is 1. The van der Waals surface area contributed by atoms with Crippen LogP contribution in [0.4, 0.5) is 13.2 Å². The zero-order chi connectivity index (χ0) is 20.6. The van der Waals surface area contributed by atoms with Gasteiger partial charge >= 0.3 is 12.1 Å². The van der Waals surface area contributed by atoms with E-state index in [2.05, 4.69) is 4.98 Å². The van der Waals surface area contributed by atoms with Gasteiger partial charge in [-0.3, -0.25) is 0 Å². The standard InChI is InChI=1S/C20H15ClF3NO3/c1-3-28-16-9-15-13(8-14(16)21)17(19(26)27)10(2)18(25-15)11-5-4-6-12(7-11)20(22,23)24/h4-9H,3H2,1-2H3,(H,26,27). The first kappa shape index (κ1) is 19.9. The van der Waals surface area contributed by atoms with Crippen LogP contribution in [0.1, 0.15) is 28.4 Å². The molecule has 0 radical (unpaired) electrons. The predicted octanol–water partition coefficient (Wildman–Crippen LogP) is 5.98. The lowest BCUT2D eigenvalue weighted by atomic mass is 9.96. The number of carboxylic acids is 1. The summed E-state index contributed by atoms with van der Waals surface area (Å²) in [5.74, 6) is -0.905. The topological polar surface area (TPSA) is 59.4 Å². The number of ether oxygens (including phenoxy) is 1. The van der Waals surface area contributed by atoms with E-state index >= 15 is 0 Å². The summed E-state index contributed by atoms with van der Waals surface area (Å²) in [7, 11) is 0. The van der Waals surface area contributed by atoms with E-state index in [1.807, 2.05) is 0 Å². The highest BCUT2D eigenvalue weighted by Crippen LogP contribution is 2.37. The summed E-state index contributed by atoms with van der Waals surface area (Å²) < 4.78 is 44.7. The number of aromatic nitrogens is 1. The van der Waals surface area contributed by atoms with Gasteiger partial charge < -0.3 is 9.84 Å². The molecule has 8 heteroatoms. The van der Waals surface area contributed by atoms with Gasteiger partial charge in [0.2, 0.25) is 0 Å². The highest BCUT2D eigenvalue weighted by Gasteiger charge is 2.31. The average molecular weight is 410 g/mol. The second kappa shape index (κ2) is 7.31. The van der Waals surface area contributed by atoms with Gasteiger partial charge in [-0.05, 0) is 37.6 Å². The second-order valence-corrected chi connectivity index (χ2v) is 6.48. The molecule has 0 amide bonds. The van der Waals surface area contributed by atoms with Gasteiger partial charge in [0.15, 0.2) is 0 Å². The Morgan fingerprint density at radius 1 is 1.25 bits per heavy atom. The molecule has 0 fully saturated rings. The Hall–Kier alpha value is -2.80. The summed E-state index contributed by atoms with van der Waals surface area (Å²) in [6.45, 7) is 3.61. The number of pyridine rings is 1. The number of carboxylic acid groups (broad SMARTS) is 1. The molecule has 0 spiro atoms. The molecule has 0 bridgehead atoms. The third kappa shape index (κ3) is 3.62. The minimum atomic E-state index is -4.52. The normalized spacial score (nSPS) is 11.6. The Morgan fingerprint density at radius 3 is 2.57 bits per heavy atom. The number of benzene rings is 2. The van der Waals surface area contributed by atoms with Crippen LogP contribution in [0.15, 0.2) is 36.4 Å². The molecular formula is C20H15ClF3NO3.